The van der Waals surface area contributed by atoms with E-state index in [0.29, 0.717) is 25.0 Å². The number of aromatic nitrogens is 2. The van der Waals surface area contributed by atoms with Gasteiger partial charge in [-0.2, -0.15) is 4.98 Å². The Labute approximate surface area is 148 Å². The van der Waals surface area contributed by atoms with Gasteiger partial charge in [0, 0.05) is 26.2 Å². The average Bonchev–Trinajstić information content (AvgIpc) is 3.26. The van der Waals surface area contributed by atoms with Gasteiger partial charge in [0.2, 0.25) is 5.89 Å². The quantitative estimate of drug-likeness (QED) is 0.783. The van der Waals surface area contributed by atoms with E-state index in [-0.39, 0.29) is 12.0 Å². The second-order valence-corrected chi connectivity index (χ2v) is 6.75. The molecule has 0 radical (unpaired) electrons. The summed E-state index contributed by atoms with van der Waals surface area (Å²) >= 11 is 0. The molecule has 1 unspecified atom stereocenters. The van der Waals surface area contributed by atoms with Crippen LogP contribution in [0.1, 0.15) is 61.9 Å². The minimum absolute atomic E-state index is 0.000116. The fraction of sp³-hybridized carbons (Fsp3) is 0.667. The fourth-order valence-corrected chi connectivity index (χ4v) is 3.06. The molecule has 0 aromatic carbocycles. The molecule has 0 spiro atoms. The van der Waals surface area contributed by atoms with Crippen molar-refractivity contribution in [3.05, 3.63) is 35.4 Å². The Morgan fingerprint density at radius 1 is 1.24 bits per heavy atom. The van der Waals surface area contributed by atoms with E-state index in [1.807, 2.05) is 12.1 Å². The van der Waals surface area contributed by atoms with Crippen molar-refractivity contribution in [3.8, 4) is 0 Å². The van der Waals surface area contributed by atoms with Gasteiger partial charge in [-0.3, -0.25) is 5.32 Å². The molecule has 7 heteroatoms. The van der Waals surface area contributed by atoms with Gasteiger partial charge in [-0.25, -0.2) is 0 Å². The summed E-state index contributed by atoms with van der Waals surface area (Å²) in [5.74, 6) is 3.74. The standard InChI is InChI=1S/C18H27N3O4/c1-12(2)17-20-18(25-21-17)16(13-6-8-23-9-7-13)19-10-14-4-5-15(24-14)11-22-3/h4-5,12-13,16,19H,6-11H2,1-3H3. The van der Waals surface area contributed by atoms with Crippen LogP contribution in [0.2, 0.25) is 0 Å². The molecule has 0 amide bonds. The van der Waals surface area contributed by atoms with Gasteiger partial charge in [0.1, 0.15) is 18.1 Å². The van der Waals surface area contributed by atoms with Crippen LogP contribution in [0.25, 0.3) is 0 Å². The molecule has 138 valence electrons. The molecule has 0 bridgehead atoms. The minimum atomic E-state index is -0.000116. The van der Waals surface area contributed by atoms with E-state index in [2.05, 4.69) is 29.3 Å². The van der Waals surface area contributed by atoms with Gasteiger partial charge in [0.05, 0.1) is 12.6 Å². The summed E-state index contributed by atoms with van der Waals surface area (Å²) in [6, 6.07) is 3.91. The normalized spacial score (nSPS) is 17.3. The number of methoxy groups -OCH3 is 1. The Kier molecular flexibility index (Phi) is 6.23. The lowest BCUT2D eigenvalue weighted by atomic mass is 9.91. The summed E-state index contributed by atoms with van der Waals surface area (Å²) < 4.78 is 21.9. The van der Waals surface area contributed by atoms with Crippen LogP contribution in [-0.4, -0.2) is 30.5 Å². The summed E-state index contributed by atoms with van der Waals surface area (Å²) in [6.07, 6.45) is 1.95. The first-order chi connectivity index (χ1) is 12.2. The second-order valence-electron chi connectivity index (χ2n) is 6.75. The van der Waals surface area contributed by atoms with Crippen LogP contribution >= 0.6 is 0 Å². The van der Waals surface area contributed by atoms with Gasteiger partial charge in [0.25, 0.3) is 0 Å². The molecule has 2 aromatic rings. The number of ether oxygens (including phenoxy) is 2. The molecule has 1 atom stereocenters. The SMILES string of the molecule is COCc1ccc(CNC(c2nc(C(C)C)no2)C2CCOCC2)o1. The van der Waals surface area contributed by atoms with Gasteiger partial charge in [-0.05, 0) is 30.9 Å². The zero-order valence-electron chi connectivity index (χ0n) is 15.2. The molecule has 0 saturated carbocycles. The van der Waals surface area contributed by atoms with E-state index >= 15 is 0 Å². The van der Waals surface area contributed by atoms with Crippen molar-refractivity contribution in [2.75, 3.05) is 20.3 Å². The van der Waals surface area contributed by atoms with Crippen molar-refractivity contribution in [3.63, 3.8) is 0 Å². The first-order valence-corrected chi connectivity index (χ1v) is 8.88. The van der Waals surface area contributed by atoms with Gasteiger partial charge in [-0.1, -0.05) is 19.0 Å². The Hall–Kier alpha value is -1.70. The molecular formula is C18H27N3O4. The maximum absolute atomic E-state index is 5.76. The van der Waals surface area contributed by atoms with Gasteiger partial charge in [0.15, 0.2) is 5.82 Å². The van der Waals surface area contributed by atoms with E-state index in [0.717, 1.165) is 43.4 Å². The Morgan fingerprint density at radius 2 is 2.00 bits per heavy atom. The molecule has 1 fully saturated rings. The number of hydrogen-bond donors (Lipinski definition) is 1. The highest BCUT2D eigenvalue weighted by molar-refractivity contribution is 5.07. The summed E-state index contributed by atoms with van der Waals surface area (Å²) in [7, 11) is 1.66. The maximum atomic E-state index is 5.76. The number of rotatable bonds is 8. The van der Waals surface area contributed by atoms with Crippen molar-refractivity contribution in [2.24, 2.45) is 5.92 Å². The smallest absolute Gasteiger partial charge is 0.244 e. The minimum Gasteiger partial charge on any atom is -0.462 e. The van der Waals surface area contributed by atoms with Gasteiger partial charge in [-0.15, -0.1) is 0 Å². The van der Waals surface area contributed by atoms with Crippen molar-refractivity contribution >= 4 is 0 Å². The lowest BCUT2D eigenvalue weighted by Crippen LogP contribution is -2.32. The molecule has 2 aromatic heterocycles. The van der Waals surface area contributed by atoms with Crippen molar-refractivity contribution in [2.45, 2.75) is 51.8 Å². The van der Waals surface area contributed by atoms with Crippen LogP contribution in [0.5, 0.6) is 0 Å². The third-order valence-corrected chi connectivity index (χ3v) is 4.48. The van der Waals surface area contributed by atoms with Crippen LogP contribution in [-0.2, 0) is 22.6 Å². The highest BCUT2D eigenvalue weighted by atomic mass is 16.5. The van der Waals surface area contributed by atoms with Crippen LogP contribution in [0.15, 0.2) is 21.1 Å². The van der Waals surface area contributed by atoms with E-state index in [1.54, 1.807) is 7.11 Å². The molecular weight excluding hydrogens is 322 g/mol. The molecule has 1 N–H and O–H groups in total. The molecule has 7 nitrogen and oxygen atoms in total. The monoisotopic (exact) mass is 349 g/mol. The fourth-order valence-electron chi connectivity index (χ4n) is 3.06. The molecule has 1 aliphatic rings. The zero-order valence-corrected chi connectivity index (χ0v) is 15.2. The molecule has 3 heterocycles. The predicted octanol–water partition coefficient (Wildman–Crippen LogP) is 3.19. The molecule has 0 aliphatic carbocycles. The molecule has 1 saturated heterocycles. The largest absolute Gasteiger partial charge is 0.462 e. The van der Waals surface area contributed by atoms with E-state index in [9.17, 15) is 0 Å². The average molecular weight is 349 g/mol. The highest BCUT2D eigenvalue weighted by Crippen LogP contribution is 2.30. The lowest BCUT2D eigenvalue weighted by Gasteiger charge is -2.28. The molecule has 1 aliphatic heterocycles. The Bertz CT molecular complexity index is 646. The highest BCUT2D eigenvalue weighted by Gasteiger charge is 2.30. The lowest BCUT2D eigenvalue weighted by molar-refractivity contribution is 0.0482. The van der Waals surface area contributed by atoms with Crippen LogP contribution < -0.4 is 5.32 Å². The van der Waals surface area contributed by atoms with Crippen molar-refractivity contribution in [1.29, 1.82) is 0 Å². The van der Waals surface area contributed by atoms with E-state index < -0.39 is 0 Å². The number of hydrogen-bond acceptors (Lipinski definition) is 7. The first-order valence-electron chi connectivity index (χ1n) is 8.88. The Morgan fingerprint density at radius 3 is 2.68 bits per heavy atom. The second kappa shape index (κ2) is 8.60. The summed E-state index contributed by atoms with van der Waals surface area (Å²) in [6.45, 7) is 6.74. The Balaban J connectivity index is 1.70. The van der Waals surface area contributed by atoms with Gasteiger partial charge < -0.3 is 18.4 Å². The summed E-state index contributed by atoms with van der Waals surface area (Å²) in [5, 5.41) is 7.66. The van der Waals surface area contributed by atoms with E-state index in [1.165, 1.54) is 0 Å². The molecule has 25 heavy (non-hydrogen) atoms. The zero-order chi connectivity index (χ0) is 17.6. The maximum Gasteiger partial charge on any atom is 0.244 e. The first kappa shape index (κ1) is 18.1. The number of furan rings is 1. The van der Waals surface area contributed by atoms with Gasteiger partial charge >= 0.3 is 0 Å². The third-order valence-electron chi connectivity index (χ3n) is 4.48. The van der Waals surface area contributed by atoms with Crippen LogP contribution in [0.4, 0.5) is 0 Å². The topological polar surface area (TPSA) is 82.5 Å². The van der Waals surface area contributed by atoms with Crippen molar-refractivity contribution < 1.29 is 18.4 Å². The molecule has 3 rings (SSSR count). The van der Waals surface area contributed by atoms with Crippen molar-refractivity contribution in [1.82, 2.24) is 15.5 Å². The van der Waals surface area contributed by atoms with Crippen LogP contribution in [0, 0.1) is 5.92 Å². The number of nitrogens with zero attached hydrogens (tertiary/aromatic N) is 2. The summed E-state index contributed by atoms with van der Waals surface area (Å²) in [4.78, 5) is 4.60. The third kappa shape index (κ3) is 4.68. The number of nitrogens with one attached hydrogen (secondary N) is 1. The van der Waals surface area contributed by atoms with Crippen LogP contribution in [0.3, 0.4) is 0 Å². The summed E-state index contributed by atoms with van der Waals surface area (Å²) in [5.41, 5.74) is 0. The predicted molar refractivity (Wildman–Crippen MR) is 90.9 cm³/mol. The van der Waals surface area contributed by atoms with E-state index in [4.69, 9.17) is 18.4 Å².